The summed E-state index contributed by atoms with van der Waals surface area (Å²) in [6.07, 6.45) is 3.47. The molecule has 2 rings (SSSR count). The van der Waals surface area contributed by atoms with Gasteiger partial charge in [-0.3, -0.25) is 4.98 Å². The molecule has 94 valence electrons. The smallest absolute Gasteiger partial charge is 0.138 e. The Labute approximate surface area is 102 Å². The van der Waals surface area contributed by atoms with E-state index in [0.29, 0.717) is 12.2 Å². The zero-order chi connectivity index (χ0) is 12.3. The summed E-state index contributed by atoms with van der Waals surface area (Å²) >= 11 is 0. The van der Waals surface area contributed by atoms with Crippen molar-refractivity contribution in [1.29, 1.82) is 0 Å². The molecule has 1 aliphatic rings. The highest BCUT2D eigenvalue weighted by atomic mass is 16.5. The van der Waals surface area contributed by atoms with Gasteiger partial charge in [-0.1, -0.05) is 0 Å². The molecule has 1 aromatic heterocycles. The highest BCUT2D eigenvalue weighted by molar-refractivity contribution is 5.27. The maximum absolute atomic E-state index is 9.66. The first kappa shape index (κ1) is 12.3. The maximum atomic E-state index is 9.66. The van der Waals surface area contributed by atoms with Crippen LogP contribution in [0.2, 0.25) is 0 Å². The highest BCUT2D eigenvalue weighted by Gasteiger charge is 2.36. The number of rotatable bonds is 5. The van der Waals surface area contributed by atoms with Crippen molar-refractivity contribution in [3.8, 4) is 5.75 Å². The van der Waals surface area contributed by atoms with Crippen LogP contribution in [0.1, 0.15) is 30.7 Å². The zero-order valence-corrected chi connectivity index (χ0v) is 10.5. The van der Waals surface area contributed by atoms with Gasteiger partial charge in [0.2, 0.25) is 0 Å². The second-order valence-electron chi connectivity index (χ2n) is 4.76. The second kappa shape index (κ2) is 5.02. The first-order valence-corrected chi connectivity index (χ1v) is 6.07. The molecule has 1 saturated carbocycles. The maximum Gasteiger partial charge on any atom is 0.138 e. The summed E-state index contributed by atoms with van der Waals surface area (Å²) in [6.45, 7) is 3.32. The van der Waals surface area contributed by atoms with Gasteiger partial charge in [-0.05, 0) is 38.3 Å². The van der Waals surface area contributed by atoms with E-state index in [1.54, 1.807) is 19.2 Å². The normalized spacial score (nSPS) is 17.8. The highest BCUT2D eigenvalue weighted by Crippen LogP contribution is 2.34. The van der Waals surface area contributed by atoms with Crippen molar-refractivity contribution < 1.29 is 9.84 Å². The molecular formula is C13H20N2O2. The minimum Gasteiger partial charge on any atom is -0.506 e. The van der Waals surface area contributed by atoms with Gasteiger partial charge in [0.25, 0.3) is 0 Å². The molecular weight excluding hydrogens is 216 g/mol. The van der Waals surface area contributed by atoms with E-state index in [-0.39, 0.29) is 11.4 Å². The lowest BCUT2D eigenvalue weighted by Gasteiger charge is -2.40. The molecule has 0 aliphatic heterocycles. The van der Waals surface area contributed by atoms with E-state index >= 15 is 0 Å². The number of nitrogens with zero attached hydrogens (tertiary/aromatic N) is 1. The third kappa shape index (κ3) is 2.76. The monoisotopic (exact) mass is 236 g/mol. The van der Waals surface area contributed by atoms with Crippen molar-refractivity contribution in [1.82, 2.24) is 10.3 Å². The standard InChI is InChI=1S/C13H20N2O2/c1-10-4-5-12(16)11(15-10)8-14-9-13(17-2)6-3-7-13/h4-5,14,16H,3,6-9H2,1-2H3. The Morgan fingerprint density at radius 3 is 2.82 bits per heavy atom. The van der Waals surface area contributed by atoms with E-state index in [1.807, 2.05) is 6.92 Å². The van der Waals surface area contributed by atoms with E-state index in [0.717, 1.165) is 25.1 Å². The van der Waals surface area contributed by atoms with Crippen LogP contribution in [-0.2, 0) is 11.3 Å². The van der Waals surface area contributed by atoms with Crippen molar-refractivity contribution in [3.05, 3.63) is 23.5 Å². The molecule has 0 atom stereocenters. The summed E-state index contributed by atoms with van der Waals surface area (Å²) in [4.78, 5) is 4.31. The fourth-order valence-corrected chi connectivity index (χ4v) is 2.17. The molecule has 1 fully saturated rings. The van der Waals surface area contributed by atoms with Crippen LogP contribution in [0, 0.1) is 6.92 Å². The van der Waals surface area contributed by atoms with Crippen LogP contribution in [0.5, 0.6) is 5.75 Å². The molecule has 0 amide bonds. The first-order chi connectivity index (χ1) is 8.15. The Balaban J connectivity index is 1.87. The molecule has 0 aromatic carbocycles. The fraction of sp³-hybridized carbons (Fsp3) is 0.615. The van der Waals surface area contributed by atoms with Crippen LogP contribution in [0.3, 0.4) is 0 Å². The Kier molecular flexibility index (Phi) is 3.64. The minimum atomic E-state index is 0.0133. The Hall–Kier alpha value is -1.13. The molecule has 0 bridgehead atoms. The number of hydrogen-bond acceptors (Lipinski definition) is 4. The lowest BCUT2D eigenvalue weighted by molar-refractivity contribution is -0.0696. The number of nitrogens with one attached hydrogen (secondary N) is 1. The summed E-state index contributed by atoms with van der Waals surface area (Å²) in [5.74, 6) is 0.253. The van der Waals surface area contributed by atoms with Gasteiger partial charge in [-0.15, -0.1) is 0 Å². The van der Waals surface area contributed by atoms with Gasteiger partial charge < -0.3 is 15.2 Å². The Morgan fingerprint density at radius 2 is 2.24 bits per heavy atom. The molecule has 17 heavy (non-hydrogen) atoms. The topological polar surface area (TPSA) is 54.4 Å². The molecule has 1 aromatic rings. The van der Waals surface area contributed by atoms with Crippen LogP contribution >= 0.6 is 0 Å². The van der Waals surface area contributed by atoms with Gasteiger partial charge >= 0.3 is 0 Å². The molecule has 0 spiro atoms. The number of ether oxygens (including phenoxy) is 1. The number of methoxy groups -OCH3 is 1. The third-order valence-corrected chi connectivity index (χ3v) is 3.53. The average Bonchev–Trinajstić information content (AvgIpc) is 2.27. The van der Waals surface area contributed by atoms with Crippen LogP contribution < -0.4 is 5.32 Å². The fourth-order valence-electron chi connectivity index (χ4n) is 2.17. The molecule has 1 aliphatic carbocycles. The van der Waals surface area contributed by atoms with E-state index in [9.17, 15) is 5.11 Å². The van der Waals surface area contributed by atoms with Crippen molar-refractivity contribution in [2.24, 2.45) is 0 Å². The lowest BCUT2D eigenvalue weighted by Crippen LogP contribution is -2.47. The predicted molar refractivity (Wildman–Crippen MR) is 65.9 cm³/mol. The molecule has 4 nitrogen and oxygen atoms in total. The van der Waals surface area contributed by atoms with Gasteiger partial charge in [0.1, 0.15) is 5.75 Å². The van der Waals surface area contributed by atoms with Gasteiger partial charge in [0.15, 0.2) is 0 Å². The second-order valence-corrected chi connectivity index (χ2v) is 4.76. The van der Waals surface area contributed by atoms with E-state index in [4.69, 9.17) is 4.74 Å². The predicted octanol–water partition coefficient (Wildman–Crippen LogP) is 1.75. The molecule has 2 N–H and O–H groups in total. The summed E-state index contributed by atoms with van der Waals surface area (Å²) in [5, 5.41) is 13.0. The van der Waals surface area contributed by atoms with Crippen molar-refractivity contribution in [3.63, 3.8) is 0 Å². The van der Waals surface area contributed by atoms with Crippen LogP contribution in [0.4, 0.5) is 0 Å². The number of aryl methyl sites for hydroxylation is 1. The average molecular weight is 236 g/mol. The van der Waals surface area contributed by atoms with Crippen LogP contribution in [0.15, 0.2) is 12.1 Å². The first-order valence-electron chi connectivity index (χ1n) is 6.07. The van der Waals surface area contributed by atoms with Gasteiger partial charge in [-0.2, -0.15) is 0 Å². The quantitative estimate of drug-likeness (QED) is 0.818. The third-order valence-electron chi connectivity index (χ3n) is 3.53. The van der Waals surface area contributed by atoms with E-state index < -0.39 is 0 Å². The van der Waals surface area contributed by atoms with E-state index in [2.05, 4.69) is 10.3 Å². The SMILES string of the molecule is COC1(CNCc2nc(C)ccc2O)CCC1. The molecule has 0 unspecified atom stereocenters. The Morgan fingerprint density at radius 1 is 1.47 bits per heavy atom. The van der Waals surface area contributed by atoms with Crippen molar-refractivity contribution in [2.45, 2.75) is 38.3 Å². The van der Waals surface area contributed by atoms with Gasteiger partial charge in [0.05, 0.1) is 11.3 Å². The number of aromatic nitrogens is 1. The lowest BCUT2D eigenvalue weighted by atomic mass is 9.80. The van der Waals surface area contributed by atoms with Gasteiger partial charge in [0, 0.05) is 25.9 Å². The summed E-state index contributed by atoms with van der Waals surface area (Å²) in [7, 11) is 1.77. The summed E-state index contributed by atoms with van der Waals surface area (Å²) < 4.78 is 5.52. The van der Waals surface area contributed by atoms with Crippen LogP contribution in [0.25, 0.3) is 0 Å². The minimum absolute atomic E-state index is 0.0133. The number of pyridine rings is 1. The van der Waals surface area contributed by atoms with Crippen molar-refractivity contribution in [2.75, 3.05) is 13.7 Å². The van der Waals surface area contributed by atoms with Gasteiger partial charge in [-0.25, -0.2) is 0 Å². The van der Waals surface area contributed by atoms with E-state index in [1.165, 1.54) is 6.42 Å². The molecule has 0 radical (unpaired) electrons. The number of aromatic hydroxyl groups is 1. The molecule has 1 heterocycles. The largest absolute Gasteiger partial charge is 0.506 e. The van der Waals surface area contributed by atoms with Crippen molar-refractivity contribution >= 4 is 0 Å². The molecule has 4 heteroatoms. The number of hydrogen-bond donors (Lipinski definition) is 2. The summed E-state index contributed by atoms with van der Waals surface area (Å²) in [6, 6.07) is 3.50. The van der Waals surface area contributed by atoms with Crippen LogP contribution in [-0.4, -0.2) is 29.3 Å². The summed E-state index contributed by atoms with van der Waals surface area (Å²) in [5.41, 5.74) is 1.64. The zero-order valence-electron chi connectivity index (χ0n) is 10.5. The Bertz CT molecular complexity index is 383. The molecule has 0 saturated heterocycles.